The number of fused-ring (bicyclic) bond motifs is 1. The van der Waals surface area contributed by atoms with Gasteiger partial charge in [-0.15, -0.1) is 0 Å². The maximum Gasteiger partial charge on any atom is 0.328 e. The molecule has 0 bridgehead atoms. The van der Waals surface area contributed by atoms with Gasteiger partial charge >= 0.3 is 6.03 Å². The lowest BCUT2D eigenvalue weighted by Gasteiger charge is -2.27. The summed E-state index contributed by atoms with van der Waals surface area (Å²) < 4.78 is 5.86. The van der Waals surface area contributed by atoms with Gasteiger partial charge in [0.15, 0.2) is 6.10 Å². The zero-order valence-corrected chi connectivity index (χ0v) is 15.5. The molecule has 144 valence electrons. The number of urea groups is 1. The molecule has 2 aromatic carbocycles. The van der Waals surface area contributed by atoms with Gasteiger partial charge in [0.05, 0.1) is 5.69 Å². The first-order valence-electron chi connectivity index (χ1n) is 9.29. The van der Waals surface area contributed by atoms with E-state index in [2.05, 4.69) is 16.7 Å². The van der Waals surface area contributed by atoms with Gasteiger partial charge in [0, 0.05) is 18.7 Å². The second-order valence-corrected chi connectivity index (χ2v) is 7.01. The number of imide groups is 1. The maximum atomic E-state index is 12.7. The van der Waals surface area contributed by atoms with E-state index in [1.54, 1.807) is 24.3 Å². The topological polar surface area (TPSA) is 87.7 Å². The van der Waals surface area contributed by atoms with Crippen LogP contribution < -0.4 is 20.3 Å². The number of aryl methyl sites for hydroxylation is 2. The van der Waals surface area contributed by atoms with E-state index in [0.717, 1.165) is 22.6 Å². The molecule has 4 amide bonds. The molecule has 7 nitrogen and oxygen atoms in total. The molecule has 2 heterocycles. The first-order valence-corrected chi connectivity index (χ1v) is 9.29. The number of hydrogen-bond donors (Lipinski definition) is 2. The number of nitrogens with zero attached hydrogens (tertiary/aromatic N) is 1. The van der Waals surface area contributed by atoms with Crippen molar-refractivity contribution in [1.29, 1.82) is 0 Å². The van der Waals surface area contributed by atoms with Crippen molar-refractivity contribution in [3.05, 3.63) is 53.6 Å². The number of carbonyl (C=O) groups is 3. The highest BCUT2D eigenvalue weighted by atomic mass is 16.5. The Morgan fingerprint density at radius 1 is 1.18 bits per heavy atom. The highest BCUT2D eigenvalue weighted by Crippen LogP contribution is 2.29. The highest BCUT2D eigenvalue weighted by molar-refractivity contribution is 6.16. The van der Waals surface area contributed by atoms with Crippen LogP contribution in [0.15, 0.2) is 42.5 Å². The number of hydrogen-bond acceptors (Lipinski definition) is 4. The van der Waals surface area contributed by atoms with E-state index in [1.165, 1.54) is 5.56 Å². The summed E-state index contributed by atoms with van der Waals surface area (Å²) in [5, 5.41) is 5.47. The summed E-state index contributed by atoms with van der Waals surface area (Å²) in [6, 6.07) is 12.2. The first-order chi connectivity index (χ1) is 13.5. The molecule has 0 spiro atoms. The van der Waals surface area contributed by atoms with Crippen LogP contribution in [0.4, 0.5) is 16.2 Å². The van der Waals surface area contributed by atoms with E-state index in [-0.39, 0.29) is 18.2 Å². The van der Waals surface area contributed by atoms with Gasteiger partial charge in [0.25, 0.3) is 5.91 Å². The minimum atomic E-state index is -0.584. The Bertz CT molecular complexity index is 940. The summed E-state index contributed by atoms with van der Waals surface area (Å²) >= 11 is 0. The lowest BCUT2D eigenvalue weighted by atomic mass is 10.00. The summed E-state index contributed by atoms with van der Waals surface area (Å²) in [5.74, 6) is 0.217. The highest BCUT2D eigenvalue weighted by Gasteiger charge is 2.29. The number of benzene rings is 2. The molecule has 7 heteroatoms. The standard InChI is InChI=1S/C21H21N3O4/c1-13-5-7-17-14(11-13)6-8-18(28-17)20(26)23-15-3-2-4-16(12-15)24-19(25)9-10-22-21(24)27/h2-5,7,11-12,18H,6,8-10H2,1H3,(H,22,27)(H,23,26)/t18-/m0/s1. The van der Waals surface area contributed by atoms with Gasteiger partial charge in [-0.1, -0.05) is 23.8 Å². The average Bonchev–Trinajstić information content (AvgIpc) is 2.67. The predicted molar refractivity (Wildman–Crippen MR) is 104 cm³/mol. The Morgan fingerprint density at radius 3 is 2.86 bits per heavy atom. The summed E-state index contributed by atoms with van der Waals surface area (Å²) in [6.07, 6.45) is 1.03. The van der Waals surface area contributed by atoms with Crippen LogP contribution in [0.1, 0.15) is 24.0 Å². The molecule has 0 radical (unpaired) electrons. The van der Waals surface area contributed by atoms with Gasteiger partial charge in [0.2, 0.25) is 5.91 Å². The fraction of sp³-hybridized carbons (Fsp3) is 0.286. The van der Waals surface area contributed by atoms with E-state index in [9.17, 15) is 14.4 Å². The van der Waals surface area contributed by atoms with Crippen LogP contribution in [0.2, 0.25) is 0 Å². The third kappa shape index (κ3) is 3.55. The maximum absolute atomic E-state index is 12.7. The van der Waals surface area contributed by atoms with Gasteiger partial charge in [0.1, 0.15) is 5.75 Å². The molecule has 4 rings (SSSR count). The van der Waals surface area contributed by atoms with Crippen LogP contribution in [-0.2, 0) is 16.0 Å². The molecule has 1 fully saturated rings. The van der Waals surface area contributed by atoms with Crippen molar-refractivity contribution in [2.45, 2.75) is 32.3 Å². The summed E-state index contributed by atoms with van der Waals surface area (Å²) in [4.78, 5) is 37.9. The summed E-state index contributed by atoms with van der Waals surface area (Å²) in [5.41, 5.74) is 3.20. The third-order valence-corrected chi connectivity index (χ3v) is 4.89. The minimum Gasteiger partial charge on any atom is -0.480 e. The monoisotopic (exact) mass is 379 g/mol. The van der Waals surface area contributed by atoms with Crippen molar-refractivity contribution >= 4 is 29.2 Å². The molecule has 0 saturated carbocycles. The molecule has 2 aliphatic rings. The molecule has 0 aromatic heterocycles. The zero-order chi connectivity index (χ0) is 19.7. The van der Waals surface area contributed by atoms with E-state index in [0.29, 0.717) is 24.3 Å². The van der Waals surface area contributed by atoms with Crippen molar-refractivity contribution in [2.24, 2.45) is 0 Å². The summed E-state index contributed by atoms with van der Waals surface area (Å²) in [7, 11) is 0. The Hall–Kier alpha value is -3.35. The number of rotatable bonds is 3. The normalized spacial score (nSPS) is 18.8. The fourth-order valence-corrected chi connectivity index (χ4v) is 3.49. The second kappa shape index (κ2) is 7.34. The predicted octanol–water partition coefficient (Wildman–Crippen LogP) is 2.77. The SMILES string of the molecule is Cc1ccc2c(c1)CC[C@@H](C(=O)Nc1cccc(N3C(=O)CCNC3=O)c1)O2. The number of anilines is 2. The molecular formula is C21H21N3O4. The Labute approximate surface area is 162 Å². The number of amides is 4. The van der Waals surface area contributed by atoms with Gasteiger partial charge in [-0.3, -0.25) is 9.59 Å². The lowest BCUT2D eigenvalue weighted by Crippen LogP contribution is -2.50. The van der Waals surface area contributed by atoms with E-state index in [1.807, 2.05) is 19.1 Å². The quantitative estimate of drug-likeness (QED) is 0.858. The van der Waals surface area contributed by atoms with E-state index >= 15 is 0 Å². The number of nitrogens with one attached hydrogen (secondary N) is 2. The summed E-state index contributed by atoms with van der Waals surface area (Å²) in [6.45, 7) is 2.37. The largest absolute Gasteiger partial charge is 0.480 e. The van der Waals surface area contributed by atoms with Crippen molar-refractivity contribution in [3.63, 3.8) is 0 Å². The van der Waals surface area contributed by atoms with Crippen molar-refractivity contribution in [3.8, 4) is 5.75 Å². The Kier molecular flexibility index (Phi) is 4.73. The zero-order valence-electron chi connectivity index (χ0n) is 15.5. The Balaban J connectivity index is 1.47. The molecule has 1 saturated heterocycles. The van der Waals surface area contributed by atoms with Crippen molar-refractivity contribution < 1.29 is 19.1 Å². The van der Waals surface area contributed by atoms with Crippen molar-refractivity contribution in [2.75, 3.05) is 16.8 Å². The molecule has 1 atom stereocenters. The minimum absolute atomic E-state index is 0.247. The van der Waals surface area contributed by atoms with Gasteiger partial charge in [-0.05, 0) is 49.6 Å². The van der Waals surface area contributed by atoms with Crippen LogP contribution in [-0.4, -0.2) is 30.5 Å². The van der Waals surface area contributed by atoms with Crippen LogP contribution >= 0.6 is 0 Å². The van der Waals surface area contributed by atoms with Gasteiger partial charge in [-0.25, -0.2) is 9.69 Å². The molecule has 0 aliphatic carbocycles. The number of carbonyl (C=O) groups excluding carboxylic acids is 3. The molecule has 2 aromatic rings. The van der Waals surface area contributed by atoms with Crippen molar-refractivity contribution in [1.82, 2.24) is 5.32 Å². The fourth-order valence-electron chi connectivity index (χ4n) is 3.49. The van der Waals surface area contributed by atoms with Crippen LogP contribution in [0.3, 0.4) is 0 Å². The van der Waals surface area contributed by atoms with Crippen LogP contribution in [0.25, 0.3) is 0 Å². The smallest absolute Gasteiger partial charge is 0.328 e. The lowest BCUT2D eigenvalue weighted by molar-refractivity contribution is -0.123. The molecule has 0 unspecified atom stereocenters. The van der Waals surface area contributed by atoms with E-state index in [4.69, 9.17) is 4.74 Å². The first kappa shape index (κ1) is 18.0. The van der Waals surface area contributed by atoms with Gasteiger partial charge in [-0.2, -0.15) is 0 Å². The van der Waals surface area contributed by atoms with Gasteiger partial charge < -0.3 is 15.4 Å². The van der Waals surface area contributed by atoms with Crippen LogP contribution in [0, 0.1) is 6.92 Å². The third-order valence-electron chi connectivity index (χ3n) is 4.89. The second-order valence-electron chi connectivity index (χ2n) is 7.01. The molecule has 2 aliphatic heterocycles. The molecule has 2 N–H and O–H groups in total. The average molecular weight is 379 g/mol. The molecule has 28 heavy (non-hydrogen) atoms. The van der Waals surface area contributed by atoms with Crippen LogP contribution in [0.5, 0.6) is 5.75 Å². The number of ether oxygens (including phenoxy) is 1. The Morgan fingerprint density at radius 2 is 2.04 bits per heavy atom. The van der Waals surface area contributed by atoms with E-state index < -0.39 is 12.1 Å². The molecular weight excluding hydrogens is 358 g/mol.